The third-order valence-corrected chi connectivity index (χ3v) is 4.76. The zero-order valence-corrected chi connectivity index (χ0v) is 18.8. The lowest BCUT2D eigenvalue weighted by Crippen LogP contribution is -2.13. The molecule has 0 unspecified atom stereocenters. The second-order valence-electron chi connectivity index (χ2n) is 7.34. The number of carbonyl (C=O) groups is 1. The van der Waals surface area contributed by atoms with E-state index in [-0.39, 0.29) is 17.9 Å². The Morgan fingerprint density at radius 1 is 1.09 bits per heavy atom. The van der Waals surface area contributed by atoms with Crippen molar-refractivity contribution in [2.45, 2.75) is 20.5 Å². The summed E-state index contributed by atoms with van der Waals surface area (Å²) in [5, 5.41) is 23.0. The number of hydrogen-bond acceptors (Lipinski definition) is 6. The van der Waals surface area contributed by atoms with Gasteiger partial charge in [0.25, 0.3) is 11.6 Å². The molecule has 0 bridgehead atoms. The number of non-ortho nitro benzene ring substituents is 1. The zero-order valence-electron chi connectivity index (χ0n) is 18.8. The van der Waals surface area contributed by atoms with E-state index in [1.807, 2.05) is 38.1 Å². The van der Waals surface area contributed by atoms with Crippen molar-refractivity contribution in [1.82, 2.24) is 0 Å². The Hall–Kier alpha value is -4.64. The van der Waals surface area contributed by atoms with Gasteiger partial charge in [-0.1, -0.05) is 18.2 Å². The number of ether oxygens (including phenoxy) is 2. The molecule has 0 atom stereocenters. The summed E-state index contributed by atoms with van der Waals surface area (Å²) in [6.07, 6.45) is 1.48. The van der Waals surface area contributed by atoms with Crippen LogP contribution in [0.1, 0.15) is 23.6 Å². The van der Waals surface area contributed by atoms with Gasteiger partial charge in [0.05, 0.1) is 11.5 Å². The number of anilines is 1. The van der Waals surface area contributed by atoms with E-state index in [1.54, 1.807) is 36.4 Å². The molecule has 34 heavy (non-hydrogen) atoms. The second kappa shape index (κ2) is 11.3. The number of nitriles is 1. The van der Waals surface area contributed by atoms with Gasteiger partial charge < -0.3 is 14.8 Å². The van der Waals surface area contributed by atoms with Gasteiger partial charge in [0, 0.05) is 17.8 Å². The Morgan fingerprint density at radius 3 is 2.50 bits per heavy atom. The second-order valence-corrected chi connectivity index (χ2v) is 7.34. The van der Waals surface area contributed by atoms with Gasteiger partial charge in [0.2, 0.25) is 0 Å². The van der Waals surface area contributed by atoms with Gasteiger partial charge in [0.15, 0.2) is 11.5 Å². The third-order valence-electron chi connectivity index (χ3n) is 4.76. The van der Waals surface area contributed by atoms with E-state index in [0.717, 1.165) is 11.1 Å². The molecule has 3 rings (SSSR count). The summed E-state index contributed by atoms with van der Waals surface area (Å²) in [5.74, 6) is 0.416. The Kier molecular flexibility index (Phi) is 7.97. The van der Waals surface area contributed by atoms with E-state index >= 15 is 0 Å². The standard InChI is InChI=1S/C26H23N3O5/c1-3-33-25-15-20(14-21(16-27)26(30)28-22-6-4-5-18(2)13-22)9-12-24(25)34-17-19-7-10-23(11-8-19)29(31)32/h4-15H,3,17H2,1-2H3,(H,28,30)/b21-14-. The molecule has 0 fully saturated rings. The molecule has 0 spiro atoms. The topological polar surface area (TPSA) is 114 Å². The van der Waals surface area contributed by atoms with Crippen LogP contribution in [0.15, 0.2) is 72.3 Å². The van der Waals surface area contributed by atoms with Gasteiger partial charge in [-0.15, -0.1) is 0 Å². The van der Waals surface area contributed by atoms with Gasteiger partial charge in [-0.05, 0) is 73.0 Å². The molecule has 8 heteroatoms. The average molecular weight is 457 g/mol. The Labute approximate surface area is 197 Å². The van der Waals surface area contributed by atoms with Gasteiger partial charge in [-0.25, -0.2) is 0 Å². The fourth-order valence-electron chi connectivity index (χ4n) is 3.11. The fraction of sp³-hybridized carbons (Fsp3) is 0.154. The van der Waals surface area contributed by atoms with E-state index in [9.17, 15) is 20.2 Å². The van der Waals surface area contributed by atoms with E-state index in [2.05, 4.69) is 5.32 Å². The Bertz CT molecular complexity index is 1260. The summed E-state index contributed by atoms with van der Waals surface area (Å²) >= 11 is 0. The Balaban J connectivity index is 1.76. The number of rotatable bonds is 9. The highest BCUT2D eigenvalue weighted by Gasteiger charge is 2.12. The quantitative estimate of drug-likeness (QED) is 0.198. The maximum absolute atomic E-state index is 12.6. The Morgan fingerprint density at radius 2 is 1.85 bits per heavy atom. The van der Waals surface area contributed by atoms with Crippen LogP contribution in [0.5, 0.6) is 11.5 Å². The number of aryl methyl sites for hydroxylation is 1. The molecule has 3 aromatic rings. The van der Waals surface area contributed by atoms with Gasteiger partial charge in [0.1, 0.15) is 18.2 Å². The van der Waals surface area contributed by atoms with E-state index < -0.39 is 10.8 Å². The zero-order chi connectivity index (χ0) is 24.5. The first kappa shape index (κ1) is 24.0. The van der Waals surface area contributed by atoms with Crippen LogP contribution in [0.2, 0.25) is 0 Å². The van der Waals surface area contributed by atoms with Crippen molar-refractivity contribution in [1.29, 1.82) is 5.26 Å². The van der Waals surface area contributed by atoms with Crippen molar-refractivity contribution >= 4 is 23.4 Å². The molecule has 8 nitrogen and oxygen atoms in total. The van der Waals surface area contributed by atoms with Crippen LogP contribution < -0.4 is 14.8 Å². The minimum atomic E-state index is -0.510. The lowest BCUT2D eigenvalue weighted by molar-refractivity contribution is -0.384. The van der Waals surface area contributed by atoms with E-state index in [0.29, 0.717) is 29.4 Å². The van der Waals surface area contributed by atoms with Gasteiger partial charge >= 0.3 is 0 Å². The minimum Gasteiger partial charge on any atom is -0.490 e. The van der Waals surface area contributed by atoms with Crippen LogP contribution in [0.25, 0.3) is 6.08 Å². The van der Waals surface area contributed by atoms with Crippen LogP contribution in [0.4, 0.5) is 11.4 Å². The van der Waals surface area contributed by atoms with E-state index in [1.165, 1.54) is 18.2 Å². The molecular formula is C26H23N3O5. The molecule has 0 saturated heterocycles. The summed E-state index contributed by atoms with van der Waals surface area (Å²) in [4.78, 5) is 22.9. The van der Waals surface area contributed by atoms with Crippen molar-refractivity contribution < 1.29 is 19.2 Å². The van der Waals surface area contributed by atoms with Gasteiger partial charge in [-0.2, -0.15) is 5.26 Å². The highest BCUT2D eigenvalue weighted by molar-refractivity contribution is 6.09. The van der Waals surface area contributed by atoms with Crippen LogP contribution in [-0.2, 0) is 11.4 Å². The largest absolute Gasteiger partial charge is 0.490 e. The molecule has 0 aliphatic carbocycles. The van der Waals surface area contributed by atoms with Crippen LogP contribution in [0.3, 0.4) is 0 Å². The van der Waals surface area contributed by atoms with Crippen molar-refractivity contribution in [2.75, 3.05) is 11.9 Å². The SMILES string of the molecule is CCOc1cc(/C=C(/C#N)C(=O)Nc2cccc(C)c2)ccc1OCc1ccc([N+](=O)[O-])cc1. The van der Waals surface area contributed by atoms with Crippen LogP contribution in [0, 0.1) is 28.4 Å². The molecule has 172 valence electrons. The first-order chi connectivity index (χ1) is 16.4. The van der Waals surface area contributed by atoms with Crippen molar-refractivity contribution in [3.63, 3.8) is 0 Å². The molecule has 0 aliphatic rings. The summed E-state index contributed by atoms with van der Waals surface area (Å²) in [5.41, 5.74) is 2.92. The van der Waals surface area contributed by atoms with Gasteiger partial charge in [-0.3, -0.25) is 14.9 Å². The molecule has 0 saturated carbocycles. The summed E-state index contributed by atoms with van der Waals surface area (Å²) in [6.45, 7) is 4.32. The van der Waals surface area contributed by atoms with Crippen molar-refractivity contribution in [3.8, 4) is 17.6 Å². The number of nitro benzene ring substituents is 1. The maximum Gasteiger partial charge on any atom is 0.269 e. The molecule has 1 amide bonds. The maximum atomic E-state index is 12.6. The lowest BCUT2D eigenvalue weighted by Gasteiger charge is -2.13. The predicted molar refractivity (Wildman–Crippen MR) is 128 cm³/mol. The normalized spacial score (nSPS) is 10.8. The smallest absolute Gasteiger partial charge is 0.269 e. The summed E-state index contributed by atoms with van der Waals surface area (Å²) in [6, 6.07) is 20.4. The number of amides is 1. The van der Waals surface area contributed by atoms with E-state index in [4.69, 9.17) is 9.47 Å². The number of carbonyl (C=O) groups excluding carboxylic acids is 1. The summed E-state index contributed by atoms with van der Waals surface area (Å²) in [7, 11) is 0. The fourth-order valence-corrected chi connectivity index (χ4v) is 3.11. The number of nitrogens with one attached hydrogen (secondary N) is 1. The highest BCUT2D eigenvalue weighted by atomic mass is 16.6. The minimum absolute atomic E-state index is 0.00892. The van der Waals surface area contributed by atoms with Crippen LogP contribution in [-0.4, -0.2) is 17.4 Å². The van der Waals surface area contributed by atoms with Crippen molar-refractivity contribution in [3.05, 3.63) is 99.1 Å². The number of hydrogen-bond donors (Lipinski definition) is 1. The number of nitrogens with zero attached hydrogens (tertiary/aromatic N) is 2. The molecule has 1 N–H and O–H groups in total. The average Bonchev–Trinajstić information content (AvgIpc) is 2.82. The molecule has 0 aromatic heterocycles. The molecule has 0 radical (unpaired) electrons. The molecule has 0 heterocycles. The predicted octanol–water partition coefficient (Wildman–Crippen LogP) is 5.43. The monoisotopic (exact) mass is 457 g/mol. The molecule has 3 aromatic carbocycles. The van der Waals surface area contributed by atoms with Crippen LogP contribution >= 0.6 is 0 Å². The third kappa shape index (κ3) is 6.43. The lowest BCUT2D eigenvalue weighted by atomic mass is 10.1. The summed E-state index contributed by atoms with van der Waals surface area (Å²) < 4.78 is 11.5. The number of benzene rings is 3. The molecular weight excluding hydrogens is 434 g/mol. The molecule has 0 aliphatic heterocycles. The highest BCUT2D eigenvalue weighted by Crippen LogP contribution is 2.30. The first-order valence-corrected chi connectivity index (χ1v) is 10.5. The van der Waals surface area contributed by atoms with Crippen molar-refractivity contribution in [2.24, 2.45) is 0 Å². The first-order valence-electron chi connectivity index (χ1n) is 10.5. The number of nitro groups is 1.